The highest BCUT2D eigenvalue weighted by Crippen LogP contribution is 2.00. The van der Waals surface area contributed by atoms with Crippen LogP contribution in [0.5, 0.6) is 0 Å². The second-order valence-corrected chi connectivity index (χ2v) is 3.81. The van der Waals surface area contributed by atoms with Gasteiger partial charge < -0.3 is 15.4 Å². The van der Waals surface area contributed by atoms with Gasteiger partial charge in [0.05, 0.1) is 6.61 Å². The number of carbonyl (C=O) groups is 1. The van der Waals surface area contributed by atoms with Gasteiger partial charge in [-0.15, -0.1) is 0 Å². The first-order valence-electron chi connectivity index (χ1n) is 6.17. The van der Waals surface area contributed by atoms with Gasteiger partial charge >= 0.3 is 0 Å². The number of likely N-dealkylation sites (N-methyl/N-ethyl adjacent to an activating group) is 1. The van der Waals surface area contributed by atoms with Gasteiger partial charge in [-0.2, -0.15) is 5.26 Å². The number of hydrogen-bond donors (Lipinski definition) is 2. The first-order chi connectivity index (χ1) is 8.31. The molecule has 0 aromatic rings. The van der Waals surface area contributed by atoms with Crippen LogP contribution in [0.25, 0.3) is 0 Å². The zero-order chi connectivity index (χ0) is 12.8. The molecule has 0 atom stereocenters. The van der Waals surface area contributed by atoms with Crippen molar-refractivity contribution in [3.8, 4) is 6.07 Å². The summed E-state index contributed by atoms with van der Waals surface area (Å²) in [6.07, 6.45) is 3.06. The van der Waals surface area contributed by atoms with Crippen molar-refractivity contribution in [1.29, 1.82) is 5.26 Å². The Morgan fingerprint density at radius 2 is 2.00 bits per heavy atom. The highest BCUT2D eigenvalue weighted by molar-refractivity contribution is 5.93. The highest BCUT2D eigenvalue weighted by atomic mass is 16.5. The highest BCUT2D eigenvalue weighted by Gasteiger charge is 1.98. The van der Waals surface area contributed by atoms with Gasteiger partial charge in [-0.3, -0.25) is 4.79 Å². The number of Topliss-reactive ketones (excluding diaryl/α,β-unsaturated/α-hetero) is 1. The quantitative estimate of drug-likeness (QED) is 0.384. The second-order valence-electron chi connectivity index (χ2n) is 3.81. The smallest absolute Gasteiger partial charge is 0.231 e. The van der Waals surface area contributed by atoms with Crippen LogP contribution in [0.3, 0.4) is 0 Å². The van der Waals surface area contributed by atoms with Crippen LogP contribution in [0, 0.1) is 11.3 Å². The topological polar surface area (TPSA) is 74.2 Å². The van der Waals surface area contributed by atoms with Crippen LogP contribution in [0.4, 0.5) is 0 Å². The second kappa shape index (κ2) is 13.1. The molecule has 5 nitrogen and oxygen atoms in total. The lowest BCUT2D eigenvalue weighted by Crippen LogP contribution is -2.27. The third-order valence-corrected chi connectivity index (χ3v) is 2.29. The minimum atomic E-state index is -0.320. The van der Waals surface area contributed by atoms with Crippen LogP contribution < -0.4 is 10.6 Å². The van der Waals surface area contributed by atoms with E-state index in [0.717, 1.165) is 52.1 Å². The monoisotopic (exact) mass is 241 g/mol. The predicted molar refractivity (Wildman–Crippen MR) is 66.7 cm³/mol. The van der Waals surface area contributed by atoms with Crippen molar-refractivity contribution in [2.24, 2.45) is 0 Å². The molecule has 0 bridgehead atoms. The van der Waals surface area contributed by atoms with E-state index in [9.17, 15) is 4.79 Å². The van der Waals surface area contributed by atoms with Crippen molar-refractivity contribution < 1.29 is 9.53 Å². The Balaban J connectivity index is 2.99. The Bertz CT molecular complexity index is 226. The number of rotatable bonds is 12. The van der Waals surface area contributed by atoms with Crippen LogP contribution in [0.15, 0.2) is 0 Å². The van der Waals surface area contributed by atoms with Crippen molar-refractivity contribution in [3.63, 3.8) is 0 Å². The molecular formula is C12H23N3O2. The Kier molecular flexibility index (Phi) is 12.4. The molecule has 0 saturated heterocycles. The number of nitrogens with zero attached hydrogens (tertiary/aromatic N) is 1. The average molecular weight is 241 g/mol. The Labute approximate surface area is 104 Å². The maximum Gasteiger partial charge on any atom is 0.231 e. The van der Waals surface area contributed by atoms with Gasteiger partial charge in [0.15, 0.2) is 0 Å². The Morgan fingerprint density at radius 3 is 2.71 bits per heavy atom. The molecule has 0 aromatic heterocycles. The number of hydrogen-bond acceptors (Lipinski definition) is 5. The zero-order valence-electron chi connectivity index (χ0n) is 10.6. The average Bonchev–Trinajstić information content (AvgIpc) is 2.35. The maximum atomic E-state index is 10.7. The summed E-state index contributed by atoms with van der Waals surface area (Å²) in [6.45, 7) is 4.24. The van der Waals surface area contributed by atoms with Crippen LogP contribution >= 0.6 is 0 Å². The minimum absolute atomic E-state index is 0.320. The summed E-state index contributed by atoms with van der Waals surface area (Å²) >= 11 is 0. The van der Waals surface area contributed by atoms with Gasteiger partial charge in [0.2, 0.25) is 5.78 Å². The molecule has 0 unspecified atom stereocenters. The molecule has 0 amide bonds. The standard InChI is InChI=1S/C12H23N3O2/c1-14-6-7-15-8-10-17-9-4-2-3-5-12(16)11-13/h14-15H,2-10H2,1H3. The molecule has 5 heteroatoms. The van der Waals surface area contributed by atoms with Gasteiger partial charge in [0.25, 0.3) is 0 Å². The summed E-state index contributed by atoms with van der Waals surface area (Å²) in [5.74, 6) is -0.320. The lowest BCUT2D eigenvalue weighted by Gasteiger charge is -2.05. The fourth-order valence-electron chi connectivity index (χ4n) is 1.31. The van der Waals surface area contributed by atoms with Crippen LogP contribution in [-0.4, -0.2) is 45.7 Å². The van der Waals surface area contributed by atoms with Crippen molar-refractivity contribution in [3.05, 3.63) is 0 Å². The molecule has 2 N–H and O–H groups in total. The molecule has 0 aliphatic carbocycles. The Hall–Kier alpha value is -0.960. The lowest BCUT2D eigenvalue weighted by atomic mass is 10.1. The van der Waals surface area contributed by atoms with Crippen LogP contribution in [0.2, 0.25) is 0 Å². The number of unbranched alkanes of at least 4 members (excludes halogenated alkanes) is 2. The van der Waals surface area contributed by atoms with Crippen molar-refractivity contribution in [1.82, 2.24) is 10.6 Å². The number of carbonyl (C=O) groups excluding carboxylic acids is 1. The molecule has 0 rings (SSSR count). The molecule has 0 aromatic carbocycles. The van der Waals surface area contributed by atoms with E-state index in [2.05, 4.69) is 10.6 Å². The molecular weight excluding hydrogens is 218 g/mol. The molecule has 0 saturated carbocycles. The third-order valence-electron chi connectivity index (χ3n) is 2.29. The first kappa shape index (κ1) is 16.0. The van der Waals surface area contributed by atoms with Gasteiger partial charge in [0, 0.05) is 32.7 Å². The van der Waals surface area contributed by atoms with Gasteiger partial charge in [0.1, 0.15) is 6.07 Å². The summed E-state index contributed by atoms with van der Waals surface area (Å²) in [5, 5.41) is 14.6. The van der Waals surface area contributed by atoms with E-state index in [1.54, 1.807) is 6.07 Å². The third kappa shape index (κ3) is 13.0. The zero-order valence-corrected chi connectivity index (χ0v) is 10.6. The normalized spacial score (nSPS) is 10.1. The van der Waals surface area contributed by atoms with E-state index in [1.807, 2.05) is 7.05 Å². The predicted octanol–water partition coefficient (Wildman–Crippen LogP) is 0.465. The van der Waals surface area contributed by atoms with E-state index >= 15 is 0 Å². The summed E-state index contributed by atoms with van der Waals surface area (Å²) in [5.41, 5.74) is 0. The maximum absolute atomic E-state index is 10.7. The van der Waals surface area contributed by atoms with Gasteiger partial charge in [-0.25, -0.2) is 0 Å². The van der Waals surface area contributed by atoms with Crippen molar-refractivity contribution in [2.45, 2.75) is 25.7 Å². The van der Waals surface area contributed by atoms with E-state index in [1.165, 1.54) is 0 Å². The fraction of sp³-hybridized carbons (Fsp3) is 0.833. The van der Waals surface area contributed by atoms with E-state index < -0.39 is 0 Å². The summed E-state index contributed by atoms with van der Waals surface area (Å²) < 4.78 is 5.41. The molecule has 17 heavy (non-hydrogen) atoms. The van der Waals surface area contributed by atoms with Crippen LogP contribution in [-0.2, 0) is 9.53 Å². The van der Waals surface area contributed by atoms with Gasteiger partial charge in [-0.05, 0) is 19.9 Å². The van der Waals surface area contributed by atoms with E-state index in [4.69, 9.17) is 10.00 Å². The van der Waals surface area contributed by atoms with Gasteiger partial charge in [-0.1, -0.05) is 6.42 Å². The number of ketones is 1. The minimum Gasteiger partial charge on any atom is -0.380 e. The molecule has 0 aliphatic heterocycles. The SMILES string of the molecule is CNCCNCCOCCCCCC(=O)C#N. The molecule has 0 heterocycles. The molecule has 0 aliphatic rings. The van der Waals surface area contributed by atoms with Crippen molar-refractivity contribution in [2.75, 3.05) is 39.9 Å². The van der Waals surface area contributed by atoms with Crippen molar-refractivity contribution >= 4 is 5.78 Å². The van der Waals surface area contributed by atoms with Crippen LogP contribution in [0.1, 0.15) is 25.7 Å². The molecule has 0 radical (unpaired) electrons. The number of nitriles is 1. The summed E-state index contributed by atoms with van der Waals surface area (Å²) in [6, 6.07) is 1.62. The summed E-state index contributed by atoms with van der Waals surface area (Å²) in [4.78, 5) is 10.7. The van der Waals surface area contributed by atoms with E-state index in [0.29, 0.717) is 6.42 Å². The Morgan fingerprint density at radius 1 is 1.18 bits per heavy atom. The fourth-order valence-corrected chi connectivity index (χ4v) is 1.31. The first-order valence-corrected chi connectivity index (χ1v) is 6.17. The lowest BCUT2D eigenvalue weighted by molar-refractivity contribution is -0.114. The number of ether oxygens (including phenoxy) is 1. The molecule has 98 valence electrons. The molecule has 0 spiro atoms. The van der Waals surface area contributed by atoms with E-state index in [-0.39, 0.29) is 5.78 Å². The molecule has 0 fully saturated rings. The summed E-state index contributed by atoms with van der Waals surface area (Å²) in [7, 11) is 1.93. The largest absolute Gasteiger partial charge is 0.380 e. The number of nitrogens with one attached hydrogen (secondary N) is 2.